The molecule has 0 saturated carbocycles. The molecule has 164 valence electrons. The van der Waals surface area contributed by atoms with Gasteiger partial charge in [-0.1, -0.05) is 24.3 Å². The van der Waals surface area contributed by atoms with Crippen LogP contribution >= 0.6 is 0 Å². The van der Waals surface area contributed by atoms with Gasteiger partial charge in [-0.2, -0.15) is 0 Å². The van der Waals surface area contributed by atoms with E-state index < -0.39 is 0 Å². The third-order valence-electron chi connectivity index (χ3n) is 7.05. The molecule has 2 fully saturated rings. The summed E-state index contributed by atoms with van der Waals surface area (Å²) in [6, 6.07) is 22.3. The molecule has 0 amide bonds. The van der Waals surface area contributed by atoms with Crippen molar-refractivity contribution in [3.8, 4) is 22.5 Å². The minimum atomic E-state index is 0. The van der Waals surface area contributed by atoms with Gasteiger partial charge in [0, 0.05) is 60.3 Å². The van der Waals surface area contributed by atoms with Crippen molar-refractivity contribution in [2.45, 2.75) is 32.6 Å². The Morgan fingerprint density at radius 2 is 1.59 bits per heavy atom. The lowest BCUT2D eigenvalue weighted by atomic mass is 9.91. The maximum absolute atomic E-state index is 6.60. The predicted molar refractivity (Wildman–Crippen MR) is 129 cm³/mol. The number of anilines is 1. The van der Waals surface area contributed by atoms with Crippen LogP contribution in [-0.2, 0) is 0 Å². The fourth-order valence-electron chi connectivity index (χ4n) is 5.36. The molecule has 0 spiro atoms. The molecule has 0 N–H and O–H groups in total. The van der Waals surface area contributed by atoms with E-state index in [0.29, 0.717) is 0 Å². The number of aryl methyl sites for hydroxylation is 1. The summed E-state index contributed by atoms with van der Waals surface area (Å²) in [5.41, 5.74) is 7.32. The van der Waals surface area contributed by atoms with Crippen LogP contribution in [0.15, 0.2) is 65.1 Å². The highest BCUT2D eigenvalue weighted by atomic mass is 35.5. The third kappa shape index (κ3) is 3.59. The summed E-state index contributed by atoms with van der Waals surface area (Å²) in [4.78, 5) is 2.48. The van der Waals surface area contributed by atoms with Gasteiger partial charge in [0.2, 0.25) is 5.36 Å². The summed E-state index contributed by atoms with van der Waals surface area (Å²) >= 11 is 0. The SMILES string of the molecule is Cc1ccccc1-c1c2ccc(=[N+]3CCCC3)cc-2oc2cc(N3CCCC3)ccc12.[Cl-]. The highest BCUT2D eigenvalue weighted by molar-refractivity contribution is 6.03. The van der Waals surface area contributed by atoms with Crippen LogP contribution in [0.25, 0.3) is 33.4 Å². The Hall–Kier alpha value is -2.78. The molecule has 4 aliphatic rings. The van der Waals surface area contributed by atoms with Gasteiger partial charge in [0.1, 0.15) is 24.4 Å². The van der Waals surface area contributed by atoms with Crippen molar-refractivity contribution >= 4 is 16.7 Å². The second kappa shape index (κ2) is 8.63. The Morgan fingerprint density at radius 3 is 2.38 bits per heavy atom. The minimum Gasteiger partial charge on any atom is -1.00 e. The molecule has 2 aromatic rings. The number of rotatable bonds is 2. The van der Waals surface area contributed by atoms with E-state index in [1.807, 2.05) is 0 Å². The molecule has 4 heteroatoms. The Balaban J connectivity index is 0.00000216. The molecule has 6 rings (SSSR count). The van der Waals surface area contributed by atoms with Gasteiger partial charge in [0.15, 0.2) is 0 Å². The highest BCUT2D eigenvalue weighted by Gasteiger charge is 2.22. The zero-order valence-electron chi connectivity index (χ0n) is 18.6. The van der Waals surface area contributed by atoms with Gasteiger partial charge in [0.25, 0.3) is 0 Å². The Kier molecular flexibility index (Phi) is 5.69. The van der Waals surface area contributed by atoms with E-state index >= 15 is 0 Å². The van der Waals surface area contributed by atoms with Crippen molar-refractivity contribution in [3.63, 3.8) is 0 Å². The summed E-state index contributed by atoms with van der Waals surface area (Å²) in [7, 11) is 0. The average molecular weight is 445 g/mol. The molecular formula is C28H29ClN2O. The fraction of sp³-hybridized carbons (Fsp3) is 0.321. The molecule has 0 unspecified atom stereocenters. The largest absolute Gasteiger partial charge is 1.00 e. The predicted octanol–water partition coefficient (Wildman–Crippen LogP) is 2.68. The average Bonchev–Trinajstić information content (AvgIpc) is 3.52. The second-order valence-electron chi connectivity index (χ2n) is 9.04. The van der Waals surface area contributed by atoms with Crippen LogP contribution < -0.4 is 27.2 Å². The maximum Gasteiger partial charge on any atom is 0.203 e. The van der Waals surface area contributed by atoms with E-state index in [0.717, 1.165) is 37.5 Å². The number of nitrogens with zero attached hydrogens (tertiary/aromatic N) is 2. The number of benzene rings is 3. The zero-order valence-corrected chi connectivity index (χ0v) is 19.4. The van der Waals surface area contributed by atoms with Gasteiger partial charge in [0.05, 0.1) is 6.07 Å². The molecule has 1 aliphatic carbocycles. The lowest BCUT2D eigenvalue weighted by Crippen LogP contribution is -3.00. The standard InChI is InChI=1S/C28H29N2O.ClH/c1-20-8-2-3-9-23(20)28-24-12-10-21(29-14-4-5-15-29)18-26(24)31-27-19-22(11-13-25(27)28)30-16-6-7-17-30;/h2-3,8-13,18-19H,4-7,14-17H2,1H3;1H/q+1;/p-1. The smallest absolute Gasteiger partial charge is 0.203 e. The van der Waals surface area contributed by atoms with Crippen molar-refractivity contribution in [2.75, 3.05) is 31.1 Å². The highest BCUT2D eigenvalue weighted by Crippen LogP contribution is 2.42. The van der Waals surface area contributed by atoms with Crippen LogP contribution in [0.5, 0.6) is 0 Å². The number of hydrogen-bond acceptors (Lipinski definition) is 2. The van der Waals surface area contributed by atoms with Gasteiger partial charge in [-0.05, 0) is 49.1 Å². The van der Waals surface area contributed by atoms with E-state index in [-0.39, 0.29) is 12.4 Å². The summed E-state index contributed by atoms with van der Waals surface area (Å²) in [5.74, 6) is 0.980. The molecule has 2 aromatic carbocycles. The molecule has 0 bridgehead atoms. The minimum absolute atomic E-state index is 0. The summed E-state index contributed by atoms with van der Waals surface area (Å²) < 4.78 is 9.07. The Bertz CT molecular complexity index is 1310. The van der Waals surface area contributed by atoms with E-state index in [1.54, 1.807) is 0 Å². The Morgan fingerprint density at radius 1 is 0.812 bits per heavy atom. The molecule has 0 aromatic heterocycles. The first kappa shape index (κ1) is 21.1. The van der Waals surface area contributed by atoms with Gasteiger partial charge in [-0.15, -0.1) is 0 Å². The van der Waals surface area contributed by atoms with Crippen molar-refractivity contribution in [2.24, 2.45) is 0 Å². The second-order valence-corrected chi connectivity index (χ2v) is 9.04. The molecule has 3 heterocycles. The maximum atomic E-state index is 6.60. The van der Waals surface area contributed by atoms with Crippen LogP contribution in [0.3, 0.4) is 0 Å². The van der Waals surface area contributed by atoms with Crippen molar-refractivity contribution in [3.05, 3.63) is 71.6 Å². The van der Waals surface area contributed by atoms with Crippen LogP contribution in [-0.4, -0.2) is 26.2 Å². The van der Waals surface area contributed by atoms with E-state index in [9.17, 15) is 0 Å². The van der Waals surface area contributed by atoms with Crippen LogP contribution in [0.1, 0.15) is 31.2 Å². The number of fused-ring (bicyclic) bond motifs is 2. The van der Waals surface area contributed by atoms with E-state index in [4.69, 9.17) is 4.42 Å². The monoisotopic (exact) mass is 444 g/mol. The van der Waals surface area contributed by atoms with E-state index in [1.165, 1.54) is 64.4 Å². The first-order valence-electron chi connectivity index (χ1n) is 11.7. The van der Waals surface area contributed by atoms with Gasteiger partial charge in [-0.25, -0.2) is 4.58 Å². The topological polar surface area (TPSA) is 19.4 Å². The van der Waals surface area contributed by atoms with Gasteiger partial charge >= 0.3 is 0 Å². The number of halogens is 1. The van der Waals surface area contributed by atoms with Gasteiger partial charge < -0.3 is 21.7 Å². The first-order chi connectivity index (χ1) is 15.3. The molecule has 3 nitrogen and oxygen atoms in total. The molecule has 0 atom stereocenters. The molecule has 0 radical (unpaired) electrons. The molecule has 32 heavy (non-hydrogen) atoms. The summed E-state index contributed by atoms with van der Waals surface area (Å²) in [5, 5.41) is 2.47. The Labute approximate surface area is 195 Å². The molecular weight excluding hydrogens is 416 g/mol. The van der Waals surface area contributed by atoms with Gasteiger partial charge in [-0.3, -0.25) is 0 Å². The lowest BCUT2D eigenvalue weighted by Gasteiger charge is -2.20. The fourth-order valence-corrected chi connectivity index (χ4v) is 5.36. The quantitative estimate of drug-likeness (QED) is 0.350. The third-order valence-corrected chi connectivity index (χ3v) is 7.05. The van der Waals surface area contributed by atoms with Crippen molar-refractivity contribution in [1.29, 1.82) is 0 Å². The van der Waals surface area contributed by atoms with Crippen molar-refractivity contribution in [1.82, 2.24) is 4.58 Å². The first-order valence-corrected chi connectivity index (χ1v) is 11.7. The van der Waals surface area contributed by atoms with Crippen LogP contribution in [0.2, 0.25) is 0 Å². The molecule has 2 saturated heterocycles. The zero-order chi connectivity index (χ0) is 20.8. The normalized spacial score (nSPS) is 16.2. The number of hydrogen-bond donors (Lipinski definition) is 0. The summed E-state index contributed by atoms with van der Waals surface area (Å²) in [6.07, 6.45) is 5.11. The van der Waals surface area contributed by atoms with Crippen LogP contribution in [0, 0.1) is 6.92 Å². The van der Waals surface area contributed by atoms with Crippen molar-refractivity contribution < 1.29 is 16.8 Å². The van der Waals surface area contributed by atoms with E-state index in [2.05, 4.69) is 77.1 Å². The lowest BCUT2D eigenvalue weighted by molar-refractivity contribution is -0.00000661. The molecule has 3 aliphatic heterocycles. The van der Waals surface area contributed by atoms with Crippen LogP contribution in [0.4, 0.5) is 5.69 Å². The summed E-state index contributed by atoms with van der Waals surface area (Å²) in [6.45, 7) is 6.77.